The number of rotatable bonds is 5. The van der Waals surface area contributed by atoms with Gasteiger partial charge in [-0.3, -0.25) is 25.0 Å². The summed E-state index contributed by atoms with van der Waals surface area (Å²) in [6, 6.07) is 8.50. The number of anilines is 1. The highest BCUT2D eigenvalue weighted by Gasteiger charge is 2.25. The lowest BCUT2D eigenvalue weighted by Gasteiger charge is -2.10. The minimum atomic E-state index is -4.21. The third-order valence-corrected chi connectivity index (χ3v) is 4.43. The highest BCUT2D eigenvalue weighted by atomic mass is 32.2. The van der Waals surface area contributed by atoms with Crippen LogP contribution in [-0.4, -0.2) is 18.3 Å². The van der Waals surface area contributed by atoms with Crippen LogP contribution in [0.1, 0.15) is 5.56 Å². The molecule has 0 atom stereocenters. The third-order valence-electron chi connectivity index (χ3n) is 3.02. The molecule has 0 bridgehead atoms. The van der Waals surface area contributed by atoms with Crippen LogP contribution in [-0.2, 0) is 10.0 Å². The molecular formula is C13H11N3O6S. The van der Waals surface area contributed by atoms with Gasteiger partial charge in [0.05, 0.1) is 15.5 Å². The van der Waals surface area contributed by atoms with E-state index in [1.807, 2.05) is 0 Å². The number of sulfonamides is 1. The average Bonchev–Trinajstić information content (AvgIpc) is 2.49. The van der Waals surface area contributed by atoms with E-state index in [0.717, 1.165) is 18.2 Å². The Morgan fingerprint density at radius 3 is 2.22 bits per heavy atom. The Bertz CT molecular complexity index is 894. The maximum absolute atomic E-state index is 12.3. The minimum Gasteiger partial charge on any atom is -0.279 e. The number of benzene rings is 2. The second-order valence-electron chi connectivity index (χ2n) is 4.59. The van der Waals surface area contributed by atoms with Crippen molar-refractivity contribution < 1.29 is 18.3 Å². The van der Waals surface area contributed by atoms with Gasteiger partial charge in [0.2, 0.25) is 0 Å². The molecule has 0 spiro atoms. The van der Waals surface area contributed by atoms with Gasteiger partial charge in [0.25, 0.3) is 21.4 Å². The zero-order valence-corrected chi connectivity index (χ0v) is 12.6. The van der Waals surface area contributed by atoms with Gasteiger partial charge < -0.3 is 0 Å². The van der Waals surface area contributed by atoms with Crippen LogP contribution in [0.4, 0.5) is 17.1 Å². The third kappa shape index (κ3) is 3.43. The second-order valence-corrected chi connectivity index (χ2v) is 6.24. The standard InChI is InChI=1S/C13H11N3O6S/c1-9-8-10(15(17)18)6-7-11(9)14-23(21,22)13-5-3-2-4-12(13)16(19)20/h2-8,14H,1H3. The lowest BCUT2D eigenvalue weighted by molar-refractivity contribution is -0.387. The van der Waals surface area contributed by atoms with Crippen molar-refractivity contribution in [2.75, 3.05) is 4.72 Å². The van der Waals surface area contributed by atoms with Gasteiger partial charge in [-0.25, -0.2) is 8.42 Å². The van der Waals surface area contributed by atoms with E-state index < -0.39 is 30.5 Å². The molecule has 120 valence electrons. The molecule has 0 fully saturated rings. The van der Waals surface area contributed by atoms with E-state index in [1.54, 1.807) is 0 Å². The molecule has 0 aliphatic heterocycles. The van der Waals surface area contributed by atoms with Crippen molar-refractivity contribution in [2.45, 2.75) is 11.8 Å². The molecule has 0 saturated heterocycles. The molecule has 0 unspecified atom stereocenters. The molecule has 2 aromatic rings. The Balaban J connectivity index is 2.44. The molecule has 0 saturated carbocycles. The van der Waals surface area contributed by atoms with Crippen LogP contribution in [0.15, 0.2) is 47.4 Å². The summed E-state index contributed by atoms with van der Waals surface area (Å²) in [5.74, 6) is 0. The number of nitrogens with zero attached hydrogens (tertiary/aromatic N) is 2. The summed E-state index contributed by atoms with van der Waals surface area (Å²) in [5, 5.41) is 21.6. The monoisotopic (exact) mass is 337 g/mol. The van der Waals surface area contributed by atoms with Gasteiger partial charge in [0.1, 0.15) is 0 Å². The van der Waals surface area contributed by atoms with E-state index in [4.69, 9.17) is 0 Å². The van der Waals surface area contributed by atoms with Crippen LogP contribution in [0.2, 0.25) is 0 Å². The van der Waals surface area contributed by atoms with Crippen LogP contribution in [0, 0.1) is 27.2 Å². The zero-order chi connectivity index (χ0) is 17.2. The maximum Gasteiger partial charge on any atom is 0.289 e. The summed E-state index contributed by atoms with van der Waals surface area (Å²) in [7, 11) is -4.21. The lowest BCUT2D eigenvalue weighted by atomic mass is 10.2. The topological polar surface area (TPSA) is 132 Å². The van der Waals surface area contributed by atoms with Crippen LogP contribution < -0.4 is 4.72 Å². The number of non-ortho nitro benzene ring substituents is 1. The van der Waals surface area contributed by atoms with Crippen molar-refractivity contribution in [3.8, 4) is 0 Å². The van der Waals surface area contributed by atoms with Crippen molar-refractivity contribution in [3.05, 3.63) is 68.3 Å². The van der Waals surface area contributed by atoms with E-state index >= 15 is 0 Å². The first-order valence-corrected chi connectivity index (χ1v) is 7.72. The van der Waals surface area contributed by atoms with Gasteiger partial charge in [-0.1, -0.05) is 12.1 Å². The van der Waals surface area contributed by atoms with Crippen molar-refractivity contribution >= 4 is 27.1 Å². The van der Waals surface area contributed by atoms with Gasteiger partial charge in [-0.05, 0) is 24.6 Å². The number of nitrogens with one attached hydrogen (secondary N) is 1. The molecular weight excluding hydrogens is 326 g/mol. The Morgan fingerprint density at radius 2 is 1.65 bits per heavy atom. The summed E-state index contributed by atoms with van der Waals surface area (Å²) >= 11 is 0. The maximum atomic E-state index is 12.3. The van der Waals surface area contributed by atoms with E-state index in [9.17, 15) is 28.6 Å². The molecule has 0 heterocycles. The van der Waals surface area contributed by atoms with Crippen LogP contribution in [0.5, 0.6) is 0 Å². The Hall–Kier alpha value is -3.01. The molecule has 0 radical (unpaired) electrons. The summed E-state index contributed by atoms with van der Waals surface area (Å²) < 4.78 is 26.9. The van der Waals surface area contributed by atoms with Crippen LogP contribution in [0.3, 0.4) is 0 Å². The summed E-state index contributed by atoms with van der Waals surface area (Å²) in [6.07, 6.45) is 0. The first kappa shape index (κ1) is 16.4. The van der Waals surface area contributed by atoms with Gasteiger partial charge in [-0.15, -0.1) is 0 Å². The predicted molar refractivity (Wildman–Crippen MR) is 81.7 cm³/mol. The first-order valence-electron chi connectivity index (χ1n) is 6.23. The van der Waals surface area contributed by atoms with E-state index in [2.05, 4.69) is 4.72 Å². The Kier molecular flexibility index (Phi) is 4.27. The number of nitro groups is 2. The number of nitro benzene ring substituents is 2. The highest BCUT2D eigenvalue weighted by Crippen LogP contribution is 2.27. The molecule has 0 aliphatic carbocycles. The fourth-order valence-corrected chi connectivity index (χ4v) is 3.22. The Labute approximate surface area is 130 Å². The molecule has 2 aromatic carbocycles. The predicted octanol–water partition coefficient (Wildman–Crippen LogP) is 2.61. The smallest absolute Gasteiger partial charge is 0.279 e. The van der Waals surface area contributed by atoms with Gasteiger partial charge >= 0.3 is 0 Å². The van der Waals surface area contributed by atoms with Crippen LogP contribution >= 0.6 is 0 Å². The van der Waals surface area contributed by atoms with E-state index in [0.29, 0.717) is 5.56 Å². The molecule has 0 aliphatic rings. The fraction of sp³-hybridized carbons (Fsp3) is 0.0769. The van der Waals surface area contributed by atoms with E-state index in [-0.39, 0.29) is 11.4 Å². The average molecular weight is 337 g/mol. The van der Waals surface area contributed by atoms with Gasteiger partial charge in [-0.2, -0.15) is 0 Å². The first-order chi connectivity index (χ1) is 10.7. The number of para-hydroxylation sites is 1. The molecule has 1 N–H and O–H groups in total. The summed E-state index contributed by atoms with van der Waals surface area (Å²) in [6.45, 7) is 1.49. The lowest BCUT2D eigenvalue weighted by Crippen LogP contribution is -2.15. The number of hydrogen-bond donors (Lipinski definition) is 1. The summed E-state index contributed by atoms with van der Waals surface area (Å²) in [5.41, 5.74) is -0.314. The zero-order valence-electron chi connectivity index (χ0n) is 11.8. The van der Waals surface area contributed by atoms with Crippen molar-refractivity contribution in [3.63, 3.8) is 0 Å². The fourth-order valence-electron chi connectivity index (χ4n) is 1.91. The second kappa shape index (κ2) is 6.01. The van der Waals surface area contributed by atoms with Crippen molar-refractivity contribution in [2.24, 2.45) is 0 Å². The summed E-state index contributed by atoms with van der Waals surface area (Å²) in [4.78, 5) is 19.7. The minimum absolute atomic E-state index is 0.105. The largest absolute Gasteiger partial charge is 0.289 e. The number of aryl methyl sites for hydroxylation is 1. The van der Waals surface area contributed by atoms with Crippen LogP contribution in [0.25, 0.3) is 0 Å². The SMILES string of the molecule is Cc1cc([N+](=O)[O-])ccc1NS(=O)(=O)c1ccccc1[N+](=O)[O-]. The van der Waals surface area contributed by atoms with E-state index in [1.165, 1.54) is 31.2 Å². The quantitative estimate of drug-likeness (QED) is 0.658. The molecule has 9 nitrogen and oxygen atoms in total. The molecule has 23 heavy (non-hydrogen) atoms. The number of hydrogen-bond acceptors (Lipinski definition) is 6. The highest BCUT2D eigenvalue weighted by molar-refractivity contribution is 7.92. The van der Waals surface area contributed by atoms with Crippen molar-refractivity contribution in [1.29, 1.82) is 0 Å². The van der Waals surface area contributed by atoms with Gasteiger partial charge in [0.15, 0.2) is 4.90 Å². The molecule has 0 aromatic heterocycles. The van der Waals surface area contributed by atoms with Gasteiger partial charge in [0, 0.05) is 18.2 Å². The molecule has 0 amide bonds. The molecule has 10 heteroatoms. The normalized spacial score (nSPS) is 11.0. The Morgan fingerprint density at radius 1 is 1.00 bits per heavy atom. The molecule has 2 rings (SSSR count). The van der Waals surface area contributed by atoms with Crippen molar-refractivity contribution in [1.82, 2.24) is 0 Å².